The van der Waals surface area contributed by atoms with Gasteiger partial charge >= 0.3 is 18.0 Å². The number of hydrogen-bond donors (Lipinski definition) is 2. The molecule has 2 aromatic rings. The van der Waals surface area contributed by atoms with Crippen LogP contribution in [-0.2, 0) is 63.6 Å². The Labute approximate surface area is 540 Å². The molecule has 5 aliphatic heterocycles. The second-order valence-corrected chi connectivity index (χ2v) is 28.4. The fourth-order valence-electron chi connectivity index (χ4n) is 13.8. The first-order valence-corrected chi connectivity index (χ1v) is 33.5. The van der Waals surface area contributed by atoms with Crippen molar-refractivity contribution in [3.8, 4) is 11.5 Å². The van der Waals surface area contributed by atoms with Gasteiger partial charge in [-0.25, -0.2) is 4.79 Å². The van der Waals surface area contributed by atoms with Crippen LogP contribution in [0.25, 0.3) is 0 Å². The number of aliphatic hydroxyl groups excluding tert-OH is 2. The van der Waals surface area contributed by atoms with E-state index in [1.165, 1.54) is 30.9 Å². The minimum absolute atomic E-state index is 0.0441. The predicted molar refractivity (Wildman–Crippen MR) is 335 cm³/mol. The highest BCUT2D eigenvalue weighted by atomic mass is 127. The number of carbonyl (C=O) groups excluding carboxylic acids is 4. The quantitative estimate of drug-likeness (QED) is 0.0855. The SMILES string of the molecule is COc1ccc(N(CCSC2C(=O)O[C@@]3(C)[C@H]2[C@@H](C)C(=O)[C@H](C)C[C@@](C)(OC)[C@H](O[C@@H]2O[C@H](C)C[C@H](N(C)C(=O)N4CCOCC4)[C@H]2O)[C@@H](C)[C@H](O[C@H]2C[C@@](C)(OC)[C@@H](O)[C@H](C)O2)[C@@H](C)C(=O)O[C@@H]3I)Cc2c(Cl)cncc2Cl)cc1OC1CCCC1. The Hall–Kier alpha value is -3.05. The number of methoxy groups -OCH3 is 3. The van der Waals surface area contributed by atoms with E-state index < -0.39 is 123 Å². The molecule has 6 fully saturated rings. The van der Waals surface area contributed by atoms with Crippen LogP contribution in [-0.4, -0.2) is 203 Å². The van der Waals surface area contributed by atoms with Crippen LogP contribution in [0.5, 0.6) is 11.5 Å². The molecule has 488 valence electrons. The van der Waals surface area contributed by atoms with Crippen molar-refractivity contribution in [1.29, 1.82) is 0 Å². The van der Waals surface area contributed by atoms with Crippen LogP contribution in [0.4, 0.5) is 10.5 Å². The molecule has 87 heavy (non-hydrogen) atoms. The zero-order valence-electron chi connectivity index (χ0n) is 52.5. The number of aliphatic hydroxyl groups is 2. The highest BCUT2D eigenvalue weighted by Gasteiger charge is 2.62. The summed E-state index contributed by atoms with van der Waals surface area (Å²) in [6.45, 7) is 18.2. The average molecular weight is 1390 g/mol. The Morgan fingerprint density at radius 3 is 2.20 bits per heavy atom. The molecule has 0 radical (unpaired) electrons. The summed E-state index contributed by atoms with van der Waals surface area (Å²) < 4.78 is 69.0. The average Bonchev–Trinajstić information content (AvgIpc) is 1.72. The molecule has 25 heteroatoms. The summed E-state index contributed by atoms with van der Waals surface area (Å²) in [6.07, 6.45) is -0.716. The Morgan fingerprint density at radius 1 is 0.885 bits per heavy atom. The van der Waals surface area contributed by atoms with Gasteiger partial charge in [-0.05, 0) is 115 Å². The maximum absolute atomic E-state index is 15.5. The summed E-state index contributed by atoms with van der Waals surface area (Å²) in [5.41, 5.74) is -2.61. The highest BCUT2D eigenvalue weighted by Crippen LogP contribution is 2.51. The summed E-state index contributed by atoms with van der Waals surface area (Å²) in [5.74, 6) is -4.37. The van der Waals surface area contributed by atoms with E-state index >= 15 is 9.59 Å². The van der Waals surface area contributed by atoms with Gasteiger partial charge in [0.1, 0.15) is 23.2 Å². The lowest BCUT2D eigenvalue weighted by Gasteiger charge is -2.50. The number of ether oxygens (including phenoxy) is 11. The number of thioether (sulfide) groups is 1. The van der Waals surface area contributed by atoms with Crippen molar-refractivity contribution in [1.82, 2.24) is 14.8 Å². The number of cyclic esters (lactones) is 1. The fraction of sp³-hybridized carbons (Fsp3) is 0.758. The van der Waals surface area contributed by atoms with Crippen molar-refractivity contribution >= 4 is 87.0 Å². The highest BCUT2D eigenvalue weighted by molar-refractivity contribution is 14.1. The lowest BCUT2D eigenvalue weighted by molar-refractivity contribution is -0.318. The van der Waals surface area contributed by atoms with Crippen LogP contribution in [0.2, 0.25) is 10.0 Å². The molecule has 19 atom stereocenters. The number of hydrogen-bond acceptors (Lipinski definition) is 20. The first kappa shape index (κ1) is 69.8. The summed E-state index contributed by atoms with van der Waals surface area (Å²) in [4.78, 5) is 68.9. The number of ketones is 1. The summed E-state index contributed by atoms with van der Waals surface area (Å²) in [7, 11) is 6.27. The Morgan fingerprint density at radius 2 is 1.55 bits per heavy atom. The van der Waals surface area contributed by atoms with E-state index in [1.807, 2.05) is 68.5 Å². The molecule has 1 aliphatic carbocycles. The van der Waals surface area contributed by atoms with E-state index in [0.717, 1.165) is 31.4 Å². The minimum Gasteiger partial charge on any atom is -0.493 e. The molecule has 1 aromatic carbocycles. The lowest BCUT2D eigenvalue weighted by atomic mass is 9.72. The number of benzene rings is 1. The topological polar surface area (TPSA) is 233 Å². The number of likely N-dealkylation sites (N-methyl/N-ethyl adjacent to an activating group) is 1. The third-order valence-corrected chi connectivity index (χ3v) is 22.6. The van der Waals surface area contributed by atoms with Gasteiger partial charge in [0.2, 0.25) is 0 Å². The van der Waals surface area contributed by atoms with Crippen molar-refractivity contribution < 1.29 is 81.5 Å². The first-order chi connectivity index (χ1) is 41.2. The number of aromatic nitrogens is 1. The predicted octanol–water partition coefficient (Wildman–Crippen LogP) is 8.90. The van der Waals surface area contributed by atoms with Gasteiger partial charge in [0.25, 0.3) is 0 Å². The molecule has 1 unspecified atom stereocenters. The van der Waals surface area contributed by atoms with E-state index in [9.17, 15) is 19.8 Å². The second kappa shape index (κ2) is 29.7. The summed E-state index contributed by atoms with van der Waals surface area (Å²) in [5, 5.41) is 23.5. The maximum atomic E-state index is 15.5. The van der Waals surface area contributed by atoms with Gasteiger partial charge in [0.05, 0.1) is 84.1 Å². The molecule has 8 rings (SSSR count). The van der Waals surface area contributed by atoms with Crippen LogP contribution < -0.4 is 14.4 Å². The van der Waals surface area contributed by atoms with Gasteiger partial charge in [0.15, 0.2) is 33.8 Å². The van der Waals surface area contributed by atoms with E-state index in [-0.39, 0.29) is 37.3 Å². The largest absolute Gasteiger partial charge is 0.493 e. The lowest BCUT2D eigenvalue weighted by Crippen LogP contribution is -2.62. The standard InChI is InChI=1S/C62H91Cl2IN4O17S/c1-33-28-61(8,78-13)54(84-57-50(71)44(26-34(2)80-57)67(10)59(75)68-20-23-79-24-21-68)36(4)51(83-47-29-60(7,77-12)53(72)38(6)81-47)37(5)55(73)85-58(65)62(9)48(35(3)49(33)70)52(56(74)86-62)87-25-22-69(32-41-42(63)30-66-31-43(41)64)39-18-19-45(76-11)46(27-39)82-40-16-14-15-17-40/h18-19,27,30-31,33-38,40,44,47-48,50-54,57-58,71-72H,14-17,20-26,28-29,32H2,1-13H3/t33-,34-,35-,36+,37-,38+,44+,47+,48+,50-,51+,52?,53+,54-,57+,58+,60-,61-,62+/m1/s1. The number of nitrogens with zero attached hydrogens (tertiary/aromatic N) is 4. The number of pyridine rings is 1. The molecule has 1 saturated carbocycles. The van der Waals surface area contributed by atoms with Crippen molar-refractivity contribution in [2.24, 2.45) is 29.6 Å². The van der Waals surface area contributed by atoms with Crippen LogP contribution in [0, 0.1) is 29.6 Å². The van der Waals surface area contributed by atoms with Gasteiger partial charge in [-0.1, -0.05) is 44.0 Å². The fourth-order valence-corrected chi connectivity index (χ4v) is 16.5. The number of anilines is 1. The number of amides is 2. The number of halogens is 3. The molecule has 21 nitrogen and oxygen atoms in total. The van der Waals surface area contributed by atoms with E-state index in [2.05, 4.69) is 9.88 Å². The monoisotopic (exact) mass is 1390 g/mol. The van der Waals surface area contributed by atoms with Crippen LogP contribution in [0.1, 0.15) is 113 Å². The van der Waals surface area contributed by atoms with Crippen molar-refractivity contribution in [2.45, 2.75) is 201 Å². The van der Waals surface area contributed by atoms with Crippen LogP contribution in [0.3, 0.4) is 0 Å². The van der Waals surface area contributed by atoms with E-state index in [4.69, 9.17) is 75.3 Å². The number of alkyl halides is 1. The minimum atomic E-state index is -1.53. The summed E-state index contributed by atoms with van der Waals surface area (Å²) >= 11 is 16.9. The molecule has 1 aromatic heterocycles. The Kier molecular flexibility index (Phi) is 23.8. The number of esters is 2. The van der Waals surface area contributed by atoms with Crippen molar-refractivity contribution in [3.63, 3.8) is 0 Å². The summed E-state index contributed by atoms with van der Waals surface area (Å²) in [6, 6.07) is 4.73. The van der Waals surface area contributed by atoms with Gasteiger partial charge in [-0.3, -0.25) is 19.4 Å². The molecule has 2 N–H and O–H groups in total. The third kappa shape index (κ3) is 15.4. The van der Waals surface area contributed by atoms with Gasteiger partial charge in [-0.15, -0.1) is 11.8 Å². The zero-order chi connectivity index (χ0) is 63.4. The Bertz CT molecular complexity index is 2680. The number of carbonyl (C=O) groups is 4. The van der Waals surface area contributed by atoms with E-state index in [1.54, 1.807) is 66.1 Å². The molecule has 0 spiro atoms. The third-order valence-electron chi connectivity index (χ3n) is 19.2. The molecular weight excluding hydrogens is 1300 g/mol. The smallest absolute Gasteiger partial charge is 0.320 e. The number of morpholine rings is 1. The van der Waals surface area contributed by atoms with Crippen molar-refractivity contribution in [3.05, 3.63) is 46.2 Å². The normalized spacial score (nSPS) is 37.4. The zero-order valence-corrected chi connectivity index (χ0v) is 56.9. The molecule has 6 heterocycles. The molecule has 5 saturated heterocycles. The van der Waals surface area contributed by atoms with Gasteiger partial charge in [0, 0.05) is 113 Å². The van der Waals surface area contributed by atoms with Gasteiger partial charge in [-0.2, -0.15) is 0 Å². The number of urea groups is 1. The molecule has 6 aliphatic rings. The van der Waals surface area contributed by atoms with E-state index in [0.29, 0.717) is 72.1 Å². The molecular formula is C62H91Cl2IN4O17S. The van der Waals surface area contributed by atoms with Crippen LogP contribution in [0.15, 0.2) is 30.6 Å². The maximum Gasteiger partial charge on any atom is 0.320 e. The number of fused-ring (bicyclic) bond motifs is 1. The van der Waals surface area contributed by atoms with Crippen molar-refractivity contribution in [2.75, 3.05) is 71.9 Å². The molecule has 2 amide bonds. The van der Waals surface area contributed by atoms with Gasteiger partial charge < -0.3 is 77.0 Å². The Balaban J connectivity index is 1.14. The van der Waals surface area contributed by atoms with Crippen LogP contribution >= 0.6 is 57.6 Å². The molecule has 0 bridgehead atoms. The first-order valence-electron chi connectivity index (χ1n) is 30.5. The number of Topliss-reactive ketones (excluding diaryl/α,β-unsaturated/α-hetero) is 1. The second-order valence-electron chi connectivity index (χ2n) is 25.2. The number of rotatable bonds is 17.